The lowest BCUT2D eigenvalue weighted by atomic mass is 10.1. The predicted octanol–water partition coefficient (Wildman–Crippen LogP) is 1.60. The molecule has 0 amide bonds. The van der Waals surface area contributed by atoms with Crippen LogP contribution in [0, 0.1) is 0 Å². The molecule has 1 aromatic carbocycles. The molecular formula is C15H17N3O2S. The van der Waals surface area contributed by atoms with Crippen molar-refractivity contribution in [2.45, 2.75) is 12.8 Å². The lowest BCUT2D eigenvalue weighted by Crippen LogP contribution is -2.32. The smallest absolute Gasteiger partial charge is 0.235 e. The average Bonchev–Trinajstić information content (AvgIpc) is 2.93. The number of aryl methyl sites for hydroxylation is 1. The van der Waals surface area contributed by atoms with Crippen LogP contribution in [-0.4, -0.2) is 25.7 Å². The van der Waals surface area contributed by atoms with Crippen molar-refractivity contribution < 1.29 is 8.42 Å². The molecule has 0 atom stereocenters. The molecule has 0 spiro atoms. The van der Waals surface area contributed by atoms with Crippen LogP contribution in [0.5, 0.6) is 0 Å². The molecule has 1 aromatic heterocycles. The minimum Gasteiger partial charge on any atom is -0.398 e. The first kappa shape index (κ1) is 13.9. The van der Waals surface area contributed by atoms with Crippen LogP contribution in [0.4, 0.5) is 11.4 Å². The molecule has 2 aromatic rings. The highest BCUT2D eigenvalue weighted by atomic mass is 32.2. The monoisotopic (exact) mass is 303 g/mol. The number of fused-ring (bicyclic) bond motifs is 1. The normalized spacial score (nSPS) is 14.2. The topological polar surface area (TPSA) is 76.3 Å². The van der Waals surface area contributed by atoms with Crippen molar-refractivity contribution in [1.82, 2.24) is 4.98 Å². The summed E-state index contributed by atoms with van der Waals surface area (Å²) in [5, 5.41) is 0. The van der Waals surface area contributed by atoms with E-state index < -0.39 is 10.0 Å². The summed E-state index contributed by atoms with van der Waals surface area (Å²) in [7, 11) is -3.33. The van der Waals surface area contributed by atoms with E-state index in [4.69, 9.17) is 5.73 Å². The van der Waals surface area contributed by atoms with Crippen LogP contribution in [0.1, 0.15) is 11.1 Å². The van der Waals surface area contributed by atoms with E-state index >= 15 is 0 Å². The molecule has 6 heteroatoms. The molecule has 0 saturated heterocycles. The Bertz CT molecular complexity index is 745. The fraction of sp³-hybridized carbons (Fsp3) is 0.267. The minimum absolute atomic E-state index is 0.0885. The SMILES string of the molecule is Nc1cccc2c1CCN2S(=O)(=O)CCc1ccncc1. The minimum atomic E-state index is -3.33. The molecule has 5 nitrogen and oxygen atoms in total. The van der Waals surface area contributed by atoms with Crippen molar-refractivity contribution in [2.75, 3.05) is 22.3 Å². The molecule has 0 bridgehead atoms. The first-order valence-corrected chi connectivity index (χ1v) is 8.45. The Kier molecular flexibility index (Phi) is 3.55. The van der Waals surface area contributed by atoms with Gasteiger partial charge in [-0.05, 0) is 42.7 Å². The molecule has 0 radical (unpaired) electrons. The van der Waals surface area contributed by atoms with E-state index in [1.807, 2.05) is 24.3 Å². The summed E-state index contributed by atoms with van der Waals surface area (Å²) >= 11 is 0. The number of nitrogen functional groups attached to an aromatic ring is 1. The van der Waals surface area contributed by atoms with E-state index in [0.29, 0.717) is 25.1 Å². The lowest BCUT2D eigenvalue weighted by Gasteiger charge is -2.19. The van der Waals surface area contributed by atoms with Crippen molar-refractivity contribution in [3.8, 4) is 0 Å². The van der Waals surface area contributed by atoms with Gasteiger partial charge in [-0.2, -0.15) is 0 Å². The number of sulfonamides is 1. The number of hydrogen-bond acceptors (Lipinski definition) is 4. The number of aromatic nitrogens is 1. The highest BCUT2D eigenvalue weighted by molar-refractivity contribution is 7.92. The summed E-state index contributed by atoms with van der Waals surface area (Å²) in [6, 6.07) is 9.11. The molecule has 2 heterocycles. The zero-order valence-corrected chi connectivity index (χ0v) is 12.4. The van der Waals surface area contributed by atoms with Crippen molar-refractivity contribution >= 4 is 21.4 Å². The summed E-state index contributed by atoms with van der Waals surface area (Å²) in [6.07, 6.45) is 4.51. The quantitative estimate of drug-likeness (QED) is 0.870. The first-order valence-electron chi connectivity index (χ1n) is 6.84. The average molecular weight is 303 g/mol. The molecular weight excluding hydrogens is 286 g/mol. The Balaban J connectivity index is 1.80. The van der Waals surface area contributed by atoms with Crippen molar-refractivity contribution in [3.63, 3.8) is 0 Å². The third-order valence-corrected chi connectivity index (χ3v) is 5.53. The molecule has 2 N–H and O–H groups in total. The van der Waals surface area contributed by atoms with Gasteiger partial charge in [0.05, 0.1) is 11.4 Å². The maximum Gasteiger partial charge on any atom is 0.235 e. The van der Waals surface area contributed by atoms with Gasteiger partial charge < -0.3 is 5.73 Å². The fourth-order valence-corrected chi connectivity index (χ4v) is 4.18. The Morgan fingerprint density at radius 2 is 1.95 bits per heavy atom. The molecule has 0 fully saturated rings. The summed E-state index contributed by atoms with van der Waals surface area (Å²) in [4.78, 5) is 3.93. The van der Waals surface area contributed by atoms with E-state index in [0.717, 1.165) is 16.8 Å². The van der Waals surface area contributed by atoms with Crippen LogP contribution in [0.2, 0.25) is 0 Å². The summed E-state index contributed by atoms with van der Waals surface area (Å²) in [6.45, 7) is 0.474. The maximum absolute atomic E-state index is 12.5. The number of rotatable bonds is 4. The number of nitrogens with zero attached hydrogens (tertiary/aromatic N) is 2. The van der Waals surface area contributed by atoms with Gasteiger partial charge in [-0.3, -0.25) is 9.29 Å². The standard InChI is InChI=1S/C15H17N3O2S/c16-14-2-1-3-15-13(14)6-10-18(15)21(19,20)11-7-12-4-8-17-9-5-12/h1-5,8-9H,6-7,10-11,16H2. The summed E-state index contributed by atoms with van der Waals surface area (Å²) in [5.74, 6) is 0.0885. The Labute approximate surface area is 124 Å². The van der Waals surface area contributed by atoms with Crippen LogP contribution in [-0.2, 0) is 22.9 Å². The van der Waals surface area contributed by atoms with E-state index in [-0.39, 0.29) is 5.75 Å². The lowest BCUT2D eigenvalue weighted by molar-refractivity contribution is 0.591. The summed E-state index contributed by atoms with van der Waals surface area (Å²) in [5.41, 5.74) is 9.21. The molecule has 0 saturated carbocycles. The number of benzene rings is 1. The molecule has 0 unspecified atom stereocenters. The second-order valence-electron chi connectivity index (χ2n) is 5.09. The van der Waals surface area contributed by atoms with Crippen LogP contribution in [0.15, 0.2) is 42.7 Å². The predicted molar refractivity (Wildman–Crippen MR) is 83.6 cm³/mol. The van der Waals surface area contributed by atoms with Gasteiger partial charge in [-0.1, -0.05) is 6.07 Å². The highest BCUT2D eigenvalue weighted by Crippen LogP contribution is 2.34. The zero-order chi connectivity index (χ0) is 14.9. The van der Waals surface area contributed by atoms with Crippen LogP contribution in [0.25, 0.3) is 0 Å². The van der Waals surface area contributed by atoms with Gasteiger partial charge in [0, 0.05) is 30.2 Å². The first-order chi connectivity index (χ1) is 10.1. The Morgan fingerprint density at radius 3 is 2.71 bits per heavy atom. The number of pyridine rings is 1. The molecule has 1 aliphatic heterocycles. The van der Waals surface area contributed by atoms with Gasteiger partial charge in [0.2, 0.25) is 10.0 Å². The molecule has 0 aliphatic carbocycles. The van der Waals surface area contributed by atoms with E-state index in [1.54, 1.807) is 18.5 Å². The highest BCUT2D eigenvalue weighted by Gasteiger charge is 2.29. The van der Waals surface area contributed by atoms with Gasteiger partial charge >= 0.3 is 0 Å². The Morgan fingerprint density at radius 1 is 1.19 bits per heavy atom. The van der Waals surface area contributed by atoms with Crippen molar-refractivity contribution in [3.05, 3.63) is 53.9 Å². The van der Waals surface area contributed by atoms with Gasteiger partial charge in [0.25, 0.3) is 0 Å². The van der Waals surface area contributed by atoms with Crippen LogP contribution in [0.3, 0.4) is 0 Å². The number of anilines is 2. The molecule has 1 aliphatic rings. The number of hydrogen-bond donors (Lipinski definition) is 1. The molecule has 110 valence electrons. The third-order valence-electron chi connectivity index (χ3n) is 3.75. The Hall–Kier alpha value is -2.08. The van der Waals surface area contributed by atoms with Crippen molar-refractivity contribution in [2.24, 2.45) is 0 Å². The second kappa shape index (κ2) is 5.37. The van der Waals surface area contributed by atoms with Gasteiger partial charge in [0.15, 0.2) is 0 Å². The largest absolute Gasteiger partial charge is 0.398 e. The van der Waals surface area contributed by atoms with E-state index in [9.17, 15) is 8.42 Å². The second-order valence-corrected chi connectivity index (χ2v) is 7.10. The fourth-order valence-electron chi connectivity index (χ4n) is 2.63. The van der Waals surface area contributed by atoms with Crippen LogP contribution >= 0.6 is 0 Å². The van der Waals surface area contributed by atoms with Crippen molar-refractivity contribution in [1.29, 1.82) is 0 Å². The summed E-state index contributed by atoms with van der Waals surface area (Å²) < 4.78 is 26.6. The van der Waals surface area contributed by atoms with Crippen LogP contribution < -0.4 is 10.0 Å². The number of nitrogens with two attached hydrogens (primary N) is 1. The van der Waals surface area contributed by atoms with Gasteiger partial charge in [-0.25, -0.2) is 8.42 Å². The zero-order valence-electron chi connectivity index (χ0n) is 11.6. The van der Waals surface area contributed by atoms with Gasteiger partial charge in [0.1, 0.15) is 0 Å². The molecule has 3 rings (SSSR count). The molecule has 21 heavy (non-hydrogen) atoms. The van der Waals surface area contributed by atoms with E-state index in [2.05, 4.69) is 4.98 Å². The third kappa shape index (κ3) is 2.71. The van der Waals surface area contributed by atoms with E-state index in [1.165, 1.54) is 4.31 Å². The maximum atomic E-state index is 12.5. The van der Waals surface area contributed by atoms with Gasteiger partial charge in [-0.15, -0.1) is 0 Å².